The minimum atomic E-state index is -1.26. The average molecular weight is 184 g/mol. The smallest absolute Gasteiger partial charge is 0.238 e. The van der Waals surface area contributed by atoms with Crippen LogP contribution < -0.4 is 4.74 Å². The Morgan fingerprint density at radius 2 is 2.00 bits per heavy atom. The molecule has 1 aromatic carbocycles. The molecule has 13 heavy (non-hydrogen) atoms. The molecule has 0 amide bonds. The molecule has 0 heterocycles. The monoisotopic (exact) mass is 184 g/mol. The van der Waals surface area contributed by atoms with Crippen molar-refractivity contribution in [3.05, 3.63) is 24.3 Å². The maximum Gasteiger partial charge on any atom is 0.238 e. The summed E-state index contributed by atoms with van der Waals surface area (Å²) >= 11 is 0. The first-order valence-electron chi connectivity index (χ1n) is 4.32. The Morgan fingerprint density at radius 1 is 1.38 bits per heavy atom. The first-order valence-corrected chi connectivity index (χ1v) is 4.32. The Kier molecular flexibility index (Phi) is 3.55. The second-order valence-corrected chi connectivity index (χ2v) is 2.81. The molecule has 0 bridgehead atoms. The van der Waals surface area contributed by atoms with Gasteiger partial charge in [0.25, 0.3) is 0 Å². The van der Waals surface area contributed by atoms with Crippen molar-refractivity contribution in [1.29, 1.82) is 0 Å². The Hall–Kier alpha value is -1.25. The van der Waals surface area contributed by atoms with Gasteiger partial charge in [0.2, 0.25) is 6.36 Å². The zero-order chi connectivity index (χ0) is 9.68. The number of rotatable bonds is 4. The normalized spacial score (nSPS) is 12.5. The molecule has 1 atom stereocenters. The Labute approximate surface area is 77.0 Å². The summed E-state index contributed by atoms with van der Waals surface area (Å²) in [6, 6.07) is 6.01. The van der Waals surface area contributed by atoms with E-state index in [1.807, 2.05) is 6.92 Å². The largest absolute Gasteiger partial charge is 0.508 e. The molecule has 3 heteroatoms. The van der Waals surface area contributed by atoms with Crippen molar-refractivity contribution < 1.29 is 14.2 Å². The average Bonchev–Trinajstić information content (AvgIpc) is 2.09. The first-order chi connectivity index (χ1) is 6.22. The molecule has 0 spiro atoms. The number of ether oxygens (including phenoxy) is 1. The fourth-order valence-corrected chi connectivity index (χ4v) is 0.958. The first kappa shape index (κ1) is 9.84. The number of phenols is 1. The molecule has 1 aromatic rings. The van der Waals surface area contributed by atoms with Crippen LogP contribution in [0.1, 0.15) is 19.8 Å². The molecule has 1 unspecified atom stereocenters. The molecule has 1 rings (SSSR count). The summed E-state index contributed by atoms with van der Waals surface area (Å²) in [7, 11) is 0. The minimum absolute atomic E-state index is 0.151. The van der Waals surface area contributed by atoms with Crippen LogP contribution >= 0.6 is 0 Å². The van der Waals surface area contributed by atoms with Gasteiger partial charge in [-0.25, -0.2) is 4.39 Å². The maximum atomic E-state index is 12.9. The van der Waals surface area contributed by atoms with E-state index in [0.29, 0.717) is 12.2 Å². The lowest BCUT2D eigenvalue weighted by molar-refractivity contribution is 0.0588. The minimum Gasteiger partial charge on any atom is -0.508 e. The highest BCUT2D eigenvalue weighted by Gasteiger charge is 2.05. The van der Waals surface area contributed by atoms with Crippen molar-refractivity contribution >= 4 is 0 Å². The fraction of sp³-hybridized carbons (Fsp3) is 0.400. The number of aromatic hydroxyl groups is 1. The van der Waals surface area contributed by atoms with E-state index in [1.165, 1.54) is 24.3 Å². The van der Waals surface area contributed by atoms with Gasteiger partial charge in [-0.05, 0) is 30.7 Å². The van der Waals surface area contributed by atoms with Crippen LogP contribution in [0.2, 0.25) is 0 Å². The van der Waals surface area contributed by atoms with E-state index >= 15 is 0 Å². The Balaban J connectivity index is 2.49. The molecule has 72 valence electrons. The van der Waals surface area contributed by atoms with Gasteiger partial charge in [0.05, 0.1) is 0 Å². The van der Waals surface area contributed by atoms with Crippen molar-refractivity contribution in [3.63, 3.8) is 0 Å². The predicted molar refractivity (Wildman–Crippen MR) is 48.5 cm³/mol. The van der Waals surface area contributed by atoms with Gasteiger partial charge in [0.1, 0.15) is 11.5 Å². The van der Waals surface area contributed by atoms with E-state index in [2.05, 4.69) is 0 Å². The zero-order valence-corrected chi connectivity index (χ0v) is 7.53. The SMILES string of the molecule is CCCC(F)Oc1ccc(O)cc1. The summed E-state index contributed by atoms with van der Waals surface area (Å²) < 4.78 is 17.8. The van der Waals surface area contributed by atoms with Crippen LogP contribution in [-0.2, 0) is 0 Å². The molecule has 0 aromatic heterocycles. The molecular formula is C10H13FO2. The van der Waals surface area contributed by atoms with Crippen LogP contribution in [0.4, 0.5) is 4.39 Å². The van der Waals surface area contributed by atoms with E-state index < -0.39 is 6.36 Å². The van der Waals surface area contributed by atoms with Crippen LogP contribution in [0, 0.1) is 0 Å². The Morgan fingerprint density at radius 3 is 2.54 bits per heavy atom. The molecule has 0 fully saturated rings. The molecule has 0 saturated heterocycles. The molecule has 0 radical (unpaired) electrons. The summed E-state index contributed by atoms with van der Waals surface area (Å²) in [4.78, 5) is 0. The van der Waals surface area contributed by atoms with Gasteiger partial charge < -0.3 is 9.84 Å². The van der Waals surface area contributed by atoms with E-state index in [4.69, 9.17) is 9.84 Å². The molecule has 1 N–H and O–H groups in total. The lowest BCUT2D eigenvalue weighted by atomic mass is 10.3. The number of alkyl halides is 1. The highest BCUT2D eigenvalue weighted by molar-refractivity contribution is 5.30. The van der Waals surface area contributed by atoms with Crippen LogP contribution in [0.3, 0.4) is 0 Å². The third-order valence-corrected chi connectivity index (χ3v) is 1.62. The second-order valence-electron chi connectivity index (χ2n) is 2.81. The van der Waals surface area contributed by atoms with E-state index in [-0.39, 0.29) is 5.75 Å². The summed E-state index contributed by atoms with van der Waals surface area (Å²) in [5.74, 6) is 0.594. The standard InChI is InChI=1S/C10H13FO2/c1-2-3-10(11)13-9-6-4-8(12)5-7-9/h4-7,10,12H,2-3H2,1H3. The fourth-order valence-electron chi connectivity index (χ4n) is 0.958. The van der Waals surface area contributed by atoms with Gasteiger partial charge in [-0.15, -0.1) is 0 Å². The van der Waals surface area contributed by atoms with E-state index in [9.17, 15) is 4.39 Å². The van der Waals surface area contributed by atoms with Crippen LogP contribution in [0.15, 0.2) is 24.3 Å². The number of benzene rings is 1. The predicted octanol–water partition coefficient (Wildman–Crippen LogP) is 2.87. The number of halogens is 1. The van der Waals surface area contributed by atoms with E-state index in [0.717, 1.165) is 6.42 Å². The second kappa shape index (κ2) is 4.70. The van der Waals surface area contributed by atoms with Gasteiger partial charge in [-0.1, -0.05) is 6.92 Å². The highest BCUT2D eigenvalue weighted by Crippen LogP contribution is 2.18. The molecule has 0 aliphatic rings. The molecular weight excluding hydrogens is 171 g/mol. The lowest BCUT2D eigenvalue weighted by Gasteiger charge is -2.09. The van der Waals surface area contributed by atoms with Gasteiger partial charge in [-0.2, -0.15) is 0 Å². The zero-order valence-electron chi connectivity index (χ0n) is 7.53. The van der Waals surface area contributed by atoms with Gasteiger partial charge in [0, 0.05) is 6.42 Å². The topological polar surface area (TPSA) is 29.5 Å². The number of hydrogen-bond donors (Lipinski definition) is 1. The van der Waals surface area contributed by atoms with Crippen LogP contribution in [0.25, 0.3) is 0 Å². The molecule has 0 aliphatic carbocycles. The molecule has 0 aliphatic heterocycles. The summed E-state index contributed by atoms with van der Waals surface area (Å²) in [6.07, 6.45) is -0.116. The summed E-state index contributed by atoms with van der Waals surface area (Å²) in [5.41, 5.74) is 0. The van der Waals surface area contributed by atoms with Gasteiger partial charge in [0.15, 0.2) is 0 Å². The van der Waals surface area contributed by atoms with Crippen molar-refractivity contribution in [3.8, 4) is 11.5 Å². The van der Waals surface area contributed by atoms with Crippen molar-refractivity contribution in [2.75, 3.05) is 0 Å². The van der Waals surface area contributed by atoms with E-state index in [1.54, 1.807) is 0 Å². The third kappa shape index (κ3) is 3.32. The van der Waals surface area contributed by atoms with Gasteiger partial charge in [-0.3, -0.25) is 0 Å². The Bertz CT molecular complexity index is 246. The molecule has 0 saturated carbocycles. The third-order valence-electron chi connectivity index (χ3n) is 1.62. The highest BCUT2D eigenvalue weighted by atomic mass is 19.1. The number of hydrogen-bond acceptors (Lipinski definition) is 2. The quantitative estimate of drug-likeness (QED) is 0.779. The van der Waals surface area contributed by atoms with Gasteiger partial charge >= 0.3 is 0 Å². The number of phenolic OH excluding ortho intramolecular Hbond substituents is 1. The van der Waals surface area contributed by atoms with Crippen molar-refractivity contribution in [1.82, 2.24) is 0 Å². The van der Waals surface area contributed by atoms with Crippen LogP contribution in [-0.4, -0.2) is 11.5 Å². The van der Waals surface area contributed by atoms with Crippen molar-refractivity contribution in [2.45, 2.75) is 26.1 Å². The summed E-state index contributed by atoms with van der Waals surface area (Å²) in [5, 5.41) is 8.94. The van der Waals surface area contributed by atoms with Crippen LogP contribution in [0.5, 0.6) is 11.5 Å². The maximum absolute atomic E-state index is 12.9. The lowest BCUT2D eigenvalue weighted by Crippen LogP contribution is -2.08. The molecule has 2 nitrogen and oxygen atoms in total. The van der Waals surface area contributed by atoms with Crippen molar-refractivity contribution in [2.24, 2.45) is 0 Å². The summed E-state index contributed by atoms with van der Waals surface area (Å²) in [6.45, 7) is 1.90.